The number of carbonyl (C=O) groups excluding carboxylic acids is 1. The Morgan fingerprint density at radius 1 is 1.20 bits per heavy atom. The minimum absolute atomic E-state index is 0.179. The van der Waals surface area contributed by atoms with Crippen molar-refractivity contribution in [2.75, 3.05) is 11.1 Å². The number of nitrogens with one attached hydrogen (secondary N) is 1. The molecule has 0 bridgehead atoms. The maximum absolute atomic E-state index is 12.0. The third kappa shape index (κ3) is 4.15. The lowest BCUT2D eigenvalue weighted by molar-refractivity contribution is -0.113. The summed E-state index contributed by atoms with van der Waals surface area (Å²) >= 11 is 7.55. The summed E-state index contributed by atoms with van der Waals surface area (Å²) in [7, 11) is 0. The Bertz CT molecular complexity index is 870. The van der Waals surface area contributed by atoms with Gasteiger partial charge in [0.2, 0.25) is 11.9 Å². The highest BCUT2D eigenvalue weighted by Gasteiger charge is 2.16. The standard InChI is InChI=1S/C16H15ClN6OS/c1-2-23-14(11-6-3-4-7-12(11)17)21-22-16(23)25-10-13(24)20-15-18-8-5-9-19-15/h3-9H,2,10H2,1H3,(H,18,19,20,24). The SMILES string of the molecule is CCn1c(SCC(=O)Nc2ncccn2)nnc1-c1ccccc1Cl. The van der Waals surface area contributed by atoms with Crippen LogP contribution >= 0.6 is 23.4 Å². The fourth-order valence-corrected chi connectivity index (χ4v) is 3.20. The van der Waals surface area contributed by atoms with Gasteiger partial charge in [0.25, 0.3) is 0 Å². The Kier molecular flexibility index (Phi) is 5.62. The Morgan fingerprint density at radius 3 is 2.68 bits per heavy atom. The number of thioether (sulfide) groups is 1. The van der Waals surface area contributed by atoms with Crippen LogP contribution in [0.1, 0.15) is 6.92 Å². The molecule has 0 spiro atoms. The van der Waals surface area contributed by atoms with Gasteiger partial charge in [0.15, 0.2) is 11.0 Å². The Labute approximate surface area is 153 Å². The van der Waals surface area contributed by atoms with Crippen LogP contribution in [0.3, 0.4) is 0 Å². The number of nitrogens with zero attached hydrogens (tertiary/aromatic N) is 5. The molecule has 0 radical (unpaired) electrons. The van der Waals surface area contributed by atoms with Gasteiger partial charge in [0, 0.05) is 24.5 Å². The largest absolute Gasteiger partial charge is 0.302 e. The van der Waals surface area contributed by atoms with Crippen molar-refractivity contribution in [3.05, 3.63) is 47.7 Å². The van der Waals surface area contributed by atoms with Gasteiger partial charge in [-0.1, -0.05) is 35.5 Å². The zero-order valence-corrected chi connectivity index (χ0v) is 15.0. The molecular weight excluding hydrogens is 360 g/mol. The maximum atomic E-state index is 12.0. The van der Waals surface area contributed by atoms with Gasteiger partial charge in [-0.15, -0.1) is 10.2 Å². The molecule has 0 aliphatic carbocycles. The first-order chi connectivity index (χ1) is 12.2. The molecule has 2 aromatic heterocycles. The van der Waals surface area contributed by atoms with E-state index in [2.05, 4.69) is 25.5 Å². The molecule has 0 atom stereocenters. The third-order valence-corrected chi connectivity index (χ3v) is 4.59. The van der Waals surface area contributed by atoms with Gasteiger partial charge < -0.3 is 4.57 Å². The molecule has 128 valence electrons. The smallest absolute Gasteiger partial charge is 0.237 e. The van der Waals surface area contributed by atoms with Crippen LogP contribution < -0.4 is 5.32 Å². The summed E-state index contributed by atoms with van der Waals surface area (Å²) in [6.07, 6.45) is 3.14. The van der Waals surface area contributed by atoms with Gasteiger partial charge in [-0.3, -0.25) is 10.1 Å². The lowest BCUT2D eigenvalue weighted by atomic mass is 10.2. The summed E-state index contributed by atoms with van der Waals surface area (Å²) in [6, 6.07) is 9.16. The first-order valence-electron chi connectivity index (χ1n) is 7.56. The van der Waals surface area contributed by atoms with Crippen molar-refractivity contribution in [3.8, 4) is 11.4 Å². The van der Waals surface area contributed by atoms with Crippen LogP contribution in [-0.4, -0.2) is 36.4 Å². The molecule has 0 aliphatic heterocycles. The molecule has 0 saturated heterocycles. The monoisotopic (exact) mass is 374 g/mol. The Balaban J connectivity index is 1.71. The highest BCUT2D eigenvalue weighted by molar-refractivity contribution is 7.99. The molecule has 1 aromatic carbocycles. The number of rotatable bonds is 6. The molecule has 1 N–H and O–H groups in total. The fourth-order valence-electron chi connectivity index (χ4n) is 2.18. The van der Waals surface area contributed by atoms with E-state index in [-0.39, 0.29) is 17.6 Å². The van der Waals surface area contributed by atoms with Crippen LogP contribution in [0.2, 0.25) is 5.02 Å². The van der Waals surface area contributed by atoms with Crippen molar-refractivity contribution < 1.29 is 4.79 Å². The van der Waals surface area contributed by atoms with E-state index in [1.54, 1.807) is 18.5 Å². The van der Waals surface area contributed by atoms with Gasteiger partial charge >= 0.3 is 0 Å². The van der Waals surface area contributed by atoms with E-state index in [9.17, 15) is 4.79 Å². The lowest BCUT2D eigenvalue weighted by Crippen LogP contribution is -2.16. The quantitative estimate of drug-likeness (QED) is 0.667. The topological polar surface area (TPSA) is 85.6 Å². The number of hydrogen-bond donors (Lipinski definition) is 1. The second-order valence-electron chi connectivity index (χ2n) is 4.94. The predicted octanol–water partition coefficient (Wildman–Crippen LogP) is 3.14. The summed E-state index contributed by atoms with van der Waals surface area (Å²) in [6.45, 7) is 2.66. The van der Waals surface area contributed by atoms with Crippen molar-refractivity contribution >= 4 is 35.2 Å². The zero-order valence-electron chi connectivity index (χ0n) is 13.4. The number of benzene rings is 1. The maximum Gasteiger partial charge on any atom is 0.237 e. The van der Waals surface area contributed by atoms with Crippen molar-refractivity contribution in [2.45, 2.75) is 18.6 Å². The molecule has 3 rings (SSSR count). The number of carbonyl (C=O) groups is 1. The van der Waals surface area contributed by atoms with Gasteiger partial charge in [-0.2, -0.15) is 0 Å². The number of halogens is 1. The molecule has 9 heteroatoms. The molecule has 25 heavy (non-hydrogen) atoms. The summed E-state index contributed by atoms with van der Waals surface area (Å²) in [5.74, 6) is 0.934. The molecule has 0 fully saturated rings. The van der Waals surface area contributed by atoms with E-state index < -0.39 is 0 Å². The minimum Gasteiger partial charge on any atom is -0.302 e. The lowest BCUT2D eigenvalue weighted by Gasteiger charge is -2.08. The van der Waals surface area contributed by atoms with E-state index in [1.807, 2.05) is 35.8 Å². The number of anilines is 1. The van der Waals surface area contributed by atoms with Crippen LogP contribution in [0.4, 0.5) is 5.95 Å². The molecule has 2 heterocycles. The summed E-state index contributed by atoms with van der Waals surface area (Å²) in [5.41, 5.74) is 0.813. The van der Waals surface area contributed by atoms with Crippen LogP contribution in [-0.2, 0) is 11.3 Å². The molecule has 0 aliphatic rings. The van der Waals surface area contributed by atoms with Gasteiger partial charge in [-0.05, 0) is 25.1 Å². The van der Waals surface area contributed by atoms with E-state index in [0.717, 1.165) is 5.56 Å². The third-order valence-electron chi connectivity index (χ3n) is 3.30. The first kappa shape index (κ1) is 17.4. The molecule has 1 amide bonds. The molecule has 7 nitrogen and oxygen atoms in total. The highest BCUT2D eigenvalue weighted by atomic mass is 35.5. The van der Waals surface area contributed by atoms with Crippen LogP contribution in [0, 0.1) is 0 Å². The predicted molar refractivity (Wildman–Crippen MR) is 97.5 cm³/mol. The van der Waals surface area contributed by atoms with Crippen molar-refractivity contribution in [3.63, 3.8) is 0 Å². The number of amides is 1. The Hall–Kier alpha value is -2.45. The second kappa shape index (κ2) is 8.09. The van der Waals surface area contributed by atoms with Crippen LogP contribution in [0.5, 0.6) is 0 Å². The summed E-state index contributed by atoms with van der Waals surface area (Å²) in [5, 5.41) is 12.3. The highest BCUT2D eigenvalue weighted by Crippen LogP contribution is 2.29. The van der Waals surface area contributed by atoms with Crippen molar-refractivity contribution in [2.24, 2.45) is 0 Å². The number of hydrogen-bond acceptors (Lipinski definition) is 6. The van der Waals surface area contributed by atoms with E-state index in [0.29, 0.717) is 22.5 Å². The molecule has 0 saturated carbocycles. The van der Waals surface area contributed by atoms with E-state index in [4.69, 9.17) is 11.6 Å². The first-order valence-corrected chi connectivity index (χ1v) is 8.93. The van der Waals surface area contributed by atoms with Gasteiger partial charge in [-0.25, -0.2) is 9.97 Å². The molecular formula is C16H15ClN6OS. The van der Waals surface area contributed by atoms with Gasteiger partial charge in [0.05, 0.1) is 10.8 Å². The average molecular weight is 375 g/mol. The minimum atomic E-state index is -0.207. The van der Waals surface area contributed by atoms with E-state index >= 15 is 0 Å². The van der Waals surface area contributed by atoms with Crippen LogP contribution in [0.25, 0.3) is 11.4 Å². The number of aromatic nitrogens is 5. The van der Waals surface area contributed by atoms with E-state index in [1.165, 1.54) is 11.8 Å². The van der Waals surface area contributed by atoms with Crippen molar-refractivity contribution in [1.29, 1.82) is 0 Å². The molecule has 0 unspecified atom stereocenters. The zero-order chi connectivity index (χ0) is 17.6. The van der Waals surface area contributed by atoms with Crippen LogP contribution in [0.15, 0.2) is 47.9 Å². The second-order valence-corrected chi connectivity index (χ2v) is 6.29. The Morgan fingerprint density at radius 2 is 1.96 bits per heavy atom. The fraction of sp³-hybridized carbons (Fsp3) is 0.188. The summed E-state index contributed by atoms with van der Waals surface area (Å²) < 4.78 is 1.93. The normalized spacial score (nSPS) is 10.6. The average Bonchev–Trinajstić information content (AvgIpc) is 3.04. The van der Waals surface area contributed by atoms with Crippen molar-refractivity contribution in [1.82, 2.24) is 24.7 Å². The van der Waals surface area contributed by atoms with Gasteiger partial charge in [0.1, 0.15) is 0 Å². The summed E-state index contributed by atoms with van der Waals surface area (Å²) in [4.78, 5) is 19.9. The molecule has 3 aromatic rings.